The maximum absolute atomic E-state index is 12.7. The molecule has 6 rings (SSSR count). The molecule has 2 aromatic carbocycles. The number of carbonyl (C=O) groups is 1. The Morgan fingerprint density at radius 1 is 1.03 bits per heavy atom. The Kier molecular flexibility index (Phi) is 6.98. The number of nitrogens with zero attached hydrogens (tertiary/aromatic N) is 3. The largest absolute Gasteiger partial charge is 0.490 e. The van der Waals surface area contributed by atoms with Gasteiger partial charge in [-0.3, -0.25) is 0 Å². The third-order valence-electron chi connectivity index (χ3n) is 8.26. The molecule has 2 aromatic heterocycles. The van der Waals surface area contributed by atoms with Gasteiger partial charge in [0.15, 0.2) is 0 Å². The lowest BCUT2D eigenvalue weighted by molar-refractivity contribution is 0.0599. The SMILES string of the molecule is COC(=O)c1cnn(-c2cccc(-c3cccc(OC(C)C4CCCCC4)c3)c2)c1[C@@H]1C[C@H]1c1cc(C)no1. The molecular formula is C32H35N3O4. The molecule has 7 nitrogen and oxygen atoms in total. The van der Waals surface area contributed by atoms with E-state index in [0.717, 1.165) is 46.1 Å². The summed E-state index contributed by atoms with van der Waals surface area (Å²) in [5.41, 5.74) is 5.20. The highest BCUT2D eigenvalue weighted by Gasteiger charge is 2.46. The van der Waals surface area contributed by atoms with E-state index in [-0.39, 0.29) is 23.9 Å². The van der Waals surface area contributed by atoms with E-state index in [1.54, 1.807) is 6.20 Å². The van der Waals surface area contributed by atoms with E-state index in [1.165, 1.54) is 39.2 Å². The van der Waals surface area contributed by atoms with Crippen LogP contribution in [-0.2, 0) is 4.74 Å². The summed E-state index contributed by atoms with van der Waals surface area (Å²) in [4.78, 5) is 12.7. The zero-order valence-electron chi connectivity index (χ0n) is 22.8. The number of aryl methyl sites for hydroxylation is 1. The second-order valence-electron chi connectivity index (χ2n) is 11.0. The minimum atomic E-state index is -0.385. The summed E-state index contributed by atoms with van der Waals surface area (Å²) in [5, 5.41) is 8.68. The molecule has 0 spiro atoms. The van der Waals surface area contributed by atoms with Crippen LogP contribution in [-0.4, -0.2) is 34.1 Å². The second kappa shape index (κ2) is 10.7. The summed E-state index contributed by atoms with van der Waals surface area (Å²) in [6, 6.07) is 18.5. The first-order valence-electron chi connectivity index (χ1n) is 14.0. The average molecular weight is 526 g/mol. The van der Waals surface area contributed by atoms with Crippen molar-refractivity contribution in [3.63, 3.8) is 0 Å². The summed E-state index contributed by atoms with van der Waals surface area (Å²) in [7, 11) is 1.40. The van der Waals surface area contributed by atoms with Gasteiger partial charge >= 0.3 is 5.97 Å². The fraction of sp³-hybridized carbons (Fsp3) is 0.406. The van der Waals surface area contributed by atoms with Crippen LogP contribution in [0.15, 0.2) is 65.3 Å². The summed E-state index contributed by atoms with van der Waals surface area (Å²) >= 11 is 0. The van der Waals surface area contributed by atoms with Gasteiger partial charge in [-0.1, -0.05) is 48.7 Å². The van der Waals surface area contributed by atoms with Crippen LogP contribution in [0.4, 0.5) is 0 Å². The second-order valence-corrected chi connectivity index (χ2v) is 11.0. The van der Waals surface area contributed by atoms with E-state index < -0.39 is 0 Å². The highest BCUT2D eigenvalue weighted by molar-refractivity contribution is 5.91. The Labute approximate surface area is 229 Å². The van der Waals surface area contributed by atoms with Gasteiger partial charge < -0.3 is 14.0 Å². The van der Waals surface area contributed by atoms with Crippen LogP contribution in [0.5, 0.6) is 5.75 Å². The van der Waals surface area contributed by atoms with E-state index in [1.807, 2.05) is 41.9 Å². The lowest BCUT2D eigenvalue weighted by Gasteiger charge is -2.28. The predicted molar refractivity (Wildman–Crippen MR) is 148 cm³/mol. The highest BCUT2D eigenvalue weighted by atomic mass is 16.5. The molecular weight excluding hydrogens is 490 g/mol. The lowest BCUT2D eigenvalue weighted by atomic mass is 9.86. The number of rotatable bonds is 8. The van der Waals surface area contributed by atoms with Crippen molar-refractivity contribution >= 4 is 5.97 Å². The van der Waals surface area contributed by atoms with Crippen molar-refractivity contribution in [1.29, 1.82) is 0 Å². The lowest BCUT2D eigenvalue weighted by Crippen LogP contribution is -2.25. The molecule has 1 unspecified atom stereocenters. The smallest absolute Gasteiger partial charge is 0.341 e. The number of ether oxygens (including phenoxy) is 2. The summed E-state index contributed by atoms with van der Waals surface area (Å²) < 4.78 is 18.9. The summed E-state index contributed by atoms with van der Waals surface area (Å²) in [5.74, 6) is 2.23. The summed E-state index contributed by atoms with van der Waals surface area (Å²) in [6.07, 6.45) is 9.13. The molecule has 0 N–H and O–H groups in total. The molecule has 0 amide bonds. The normalized spacial score (nSPS) is 20.0. The number of aromatic nitrogens is 3. The monoisotopic (exact) mass is 525 g/mol. The van der Waals surface area contributed by atoms with Gasteiger partial charge in [-0.15, -0.1) is 0 Å². The molecule has 0 aliphatic heterocycles. The minimum absolute atomic E-state index is 0.0932. The quantitative estimate of drug-likeness (QED) is 0.226. The van der Waals surface area contributed by atoms with Crippen LogP contribution in [0, 0.1) is 12.8 Å². The number of methoxy groups -OCH3 is 1. The first-order chi connectivity index (χ1) is 19.0. The van der Waals surface area contributed by atoms with Crippen molar-refractivity contribution in [2.45, 2.75) is 70.3 Å². The average Bonchev–Trinajstić information content (AvgIpc) is 3.42. The molecule has 2 aliphatic carbocycles. The van der Waals surface area contributed by atoms with E-state index in [0.29, 0.717) is 11.5 Å². The molecule has 202 valence electrons. The minimum Gasteiger partial charge on any atom is -0.490 e. The van der Waals surface area contributed by atoms with E-state index in [9.17, 15) is 4.79 Å². The highest BCUT2D eigenvalue weighted by Crippen LogP contribution is 2.56. The summed E-state index contributed by atoms with van der Waals surface area (Å²) in [6.45, 7) is 4.11. The number of hydrogen-bond acceptors (Lipinski definition) is 6. The molecule has 3 atom stereocenters. The van der Waals surface area contributed by atoms with E-state index in [2.05, 4.69) is 41.4 Å². The third-order valence-corrected chi connectivity index (χ3v) is 8.26. The van der Waals surface area contributed by atoms with Crippen LogP contribution in [0.2, 0.25) is 0 Å². The first-order valence-corrected chi connectivity index (χ1v) is 14.0. The zero-order valence-corrected chi connectivity index (χ0v) is 22.8. The van der Waals surface area contributed by atoms with Crippen molar-refractivity contribution in [3.8, 4) is 22.6 Å². The third kappa shape index (κ3) is 5.22. The molecule has 0 bridgehead atoms. The fourth-order valence-electron chi connectivity index (χ4n) is 6.04. The maximum atomic E-state index is 12.7. The Morgan fingerprint density at radius 3 is 2.54 bits per heavy atom. The number of carbonyl (C=O) groups excluding carboxylic acids is 1. The Hall–Kier alpha value is -3.87. The van der Waals surface area contributed by atoms with Crippen molar-refractivity contribution in [2.75, 3.05) is 7.11 Å². The van der Waals surface area contributed by atoms with Crippen LogP contribution in [0.1, 0.15) is 84.8 Å². The van der Waals surface area contributed by atoms with Crippen LogP contribution in [0.25, 0.3) is 16.8 Å². The van der Waals surface area contributed by atoms with Gasteiger partial charge in [0.05, 0.1) is 36.5 Å². The van der Waals surface area contributed by atoms with E-state index >= 15 is 0 Å². The van der Waals surface area contributed by atoms with Crippen molar-refractivity contribution in [2.24, 2.45) is 5.92 Å². The van der Waals surface area contributed by atoms with Crippen LogP contribution >= 0.6 is 0 Å². The van der Waals surface area contributed by atoms with Crippen molar-refractivity contribution in [3.05, 3.63) is 83.5 Å². The zero-order chi connectivity index (χ0) is 26.9. The molecule has 39 heavy (non-hydrogen) atoms. The van der Waals surface area contributed by atoms with Gasteiger partial charge in [0.1, 0.15) is 17.1 Å². The number of esters is 1. The van der Waals surface area contributed by atoms with Gasteiger partial charge in [-0.2, -0.15) is 5.10 Å². The topological polar surface area (TPSA) is 79.4 Å². The molecule has 7 heteroatoms. The standard InChI is InChI=1S/C32H35N3O4/c1-20-15-30(39-34-20)27-18-28(27)31-29(32(36)37-3)19-33-35(31)25-13-7-11-23(16-25)24-12-8-14-26(17-24)38-21(2)22-9-5-4-6-10-22/h7-8,11-17,19,21-22,27-28H,4-6,9-10,18H2,1-3H3/t21?,27-,28-/m1/s1. The fourth-order valence-corrected chi connectivity index (χ4v) is 6.04. The Morgan fingerprint density at radius 2 is 1.79 bits per heavy atom. The van der Waals surface area contributed by atoms with E-state index in [4.69, 9.17) is 14.0 Å². The molecule has 0 radical (unpaired) electrons. The van der Waals surface area contributed by atoms with Gasteiger partial charge in [-0.05, 0) is 74.4 Å². The Bertz CT molecular complexity index is 1470. The van der Waals surface area contributed by atoms with Gasteiger partial charge in [0, 0.05) is 17.9 Å². The predicted octanol–water partition coefficient (Wildman–Crippen LogP) is 7.24. The maximum Gasteiger partial charge on any atom is 0.341 e. The van der Waals surface area contributed by atoms with Crippen molar-refractivity contribution in [1.82, 2.24) is 14.9 Å². The van der Waals surface area contributed by atoms with Gasteiger partial charge in [0.2, 0.25) is 0 Å². The van der Waals surface area contributed by atoms with Crippen molar-refractivity contribution < 1.29 is 18.8 Å². The number of hydrogen-bond donors (Lipinski definition) is 0. The van der Waals surface area contributed by atoms with Gasteiger partial charge in [0.25, 0.3) is 0 Å². The van der Waals surface area contributed by atoms with Crippen LogP contribution < -0.4 is 4.74 Å². The Balaban J connectivity index is 1.29. The molecule has 4 aromatic rings. The van der Waals surface area contributed by atoms with Gasteiger partial charge in [-0.25, -0.2) is 9.48 Å². The van der Waals surface area contributed by atoms with Crippen LogP contribution in [0.3, 0.4) is 0 Å². The molecule has 2 heterocycles. The molecule has 2 saturated carbocycles. The molecule has 0 saturated heterocycles. The molecule has 2 fully saturated rings. The molecule has 2 aliphatic rings. The first kappa shape index (κ1) is 25.4. The number of benzene rings is 2.